The molecule has 7 nitrogen and oxygen atoms in total. The van der Waals surface area contributed by atoms with Crippen molar-refractivity contribution in [2.75, 3.05) is 6.61 Å². The fraction of sp³-hybridized carbons (Fsp3) is 0.579. The van der Waals surface area contributed by atoms with Crippen LogP contribution in [0, 0.1) is 5.41 Å². The minimum Gasteiger partial charge on any atom is -0.530 e. The Hall–Kier alpha value is -2.28. The fourth-order valence-corrected chi connectivity index (χ4v) is 2.57. The molecule has 1 aromatic carbocycles. The first kappa shape index (κ1) is 21.8. The molecule has 0 aliphatic carbocycles. The van der Waals surface area contributed by atoms with Crippen molar-refractivity contribution in [1.29, 1.82) is 0 Å². The molecular formula is C19H29N2O5-. The zero-order chi connectivity index (χ0) is 19.6. The van der Waals surface area contributed by atoms with Crippen molar-refractivity contribution in [1.82, 2.24) is 10.6 Å². The first-order chi connectivity index (χ1) is 12.2. The molecule has 2 amide bonds. The Kier molecular flexibility index (Phi) is 8.92. The van der Waals surface area contributed by atoms with E-state index in [1.54, 1.807) is 0 Å². The molecule has 0 heterocycles. The summed E-state index contributed by atoms with van der Waals surface area (Å²) >= 11 is 0. The maximum absolute atomic E-state index is 12.1. The molecule has 1 rings (SSSR count). The number of carbonyl (C=O) groups excluding carboxylic acids is 2. The molecule has 0 spiro atoms. The van der Waals surface area contributed by atoms with Crippen LogP contribution in [0.2, 0.25) is 0 Å². The molecule has 0 radical (unpaired) electrons. The summed E-state index contributed by atoms with van der Waals surface area (Å²) in [6.45, 7) is 5.95. The van der Waals surface area contributed by atoms with Gasteiger partial charge in [-0.05, 0) is 30.2 Å². The SMILES string of the molecule is CC(C)(C)C(CCC[C@@H](CO)NC(=O)[O-])NC(=O)OCc1ccccc1. The summed E-state index contributed by atoms with van der Waals surface area (Å²) in [5.41, 5.74) is 0.719. The van der Waals surface area contributed by atoms with Gasteiger partial charge in [-0.25, -0.2) is 4.79 Å². The van der Waals surface area contributed by atoms with E-state index in [2.05, 4.69) is 10.6 Å². The Morgan fingerprint density at radius 2 is 1.81 bits per heavy atom. The lowest BCUT2D eigenvalue weighted by molar-refractivity contribution is -0.252. The summed E-state index contributed by atoms with van der Waals surface area (Å²) in [4.78, 5) is 22.7. The monoisotopic (exact) mass is 365 g/mol. The van der Waals surface area contributed by atoms with Crippen molar-refractivity contribution in [2.45, 2.75) is 58.7 Å². The summed E-state index contributed by atoms with van der Waals surface area (Å²) in [6.07, 6.45) is -0.168. The van der Waals surface area contributed by atoms with Crippen LogP contribution >= 0.6 is 0 Å². The minimum atomic E-state index is -1.40. The quantitative estimate of drug-likeness (QED) is 0.618. The highest BCUT2D eigenvalue weighted by atomic mass is 16.5. The number of carbonyl (C=O) groups is 2. The Morgan fingerprint density at radius 3 is 2.35 bits per heavy atom. The molecule has 0 saturated heterocycles. The highest BCUT2D eigenvalue weighted by Gasteiger charge is 2.26. The Balaban J connectivity index is 2.48. The Bertz CT molecular complexity index is 557. The van der Waals surface area contributed by atoms with E-state index in [0.717, 1.165) is 5.56 Å². The number of ether oxygens (including phenoxy) is 1. The fourth-order valence-electron chi connectivity index (χ4n) is 2.57. The lowest BCUT2D eigenvalue weighted by Crippen LogP contribution is -2.46. The zero-order valence-electron chi connectivity index (χ0n) is 15.7. The van der Waals surface area contributed by atoms with Crippen molar-refractivity contribution < 1.29 is 24.5 Å². The van der Waals surface area contributed by atoms with Gasteiger partial charge >= 0.3 is 6.09 Å². The lowest BCUT2D eigenvalue weighted by atomic mass is 9.83. The van der Waals surface area contributed by atoms with Gasteiger partial charge in [-0.2, -0.15) is 0 Å². The van der Waals surface area contributed by atoms with E-state index in [-0.39, 0.29) is 24.7 Å². The van der Waals surface area contributed by atoms with Gasteiger partial charge in [0.25, 0.3) is 0 Å². The number of carboxylic acid groups (broad SMARTS) is 1. The van der Waals surface area contributed by atoms with Gasteiger partial charge in [0.05, 0.1) is 12.6 Å². The van der Waals surface area contributed by atoms with Crippen LogP contribution in [0.4, 0.5) is 9.59 Å². The molecule has 26 heavy (non-hydrogen) atoms. The van der Waals surface area contributed by atoms with Crippen molar-refractivity contribution in [3.63, 3.8) is 0 Å². The third kappa shape index (κ3) is 8.71. The predicted molar refractivity (Wildman–Crippen MR) is 96.3 cm³/mol. The summed E-state index contributed by atoms with van der Waals surface area (Å²) in [5, 5.41) is 24.8. The maximum Gasteiger partial charge on any atom is 0.407 e. The van der Waals surface area contributed by atoms with Gasteiger partial charge in [-0.15, -0.1) is 0 Å². The predicted octanol–water partition coefficient (Wildman–Crippen LogP) is 1.79. The molecule has 0 fully saturated rings. The summed E-state index contributed by atoms with van der Waals surface area (Å²) < 4.78 is 5.27. The van der Waals surface area contributed by atoms with E-state index in [1.807, 2.05) is 51.1 Å². The Labute approximate surface area is 154 Å². The van der Waals surface area contributed by atoms with Crippen LogP contribution in [0.25, 0.3) is 0 Å². The number of benzene rings is 1. The first-order valence-corrected chi connectivity index (χ1v) is 8.78. The average Bonchev–Trinajstić information content (AvgIpc) is 2.57. The number of hydrogen-bond donors (Lipinski definition) is 3. The number of nitrogens with one attached hydrogen (secondary N) is 2. The number of aliphatic hydroxyl groups is 1. The van der Waals surface area contributed by atoms with Gasteiger partial charge in [0.2, 0.25) is 0 Å². The molecule has 0 aromatic heterocycles. The lowest BCUT2D eigenvalue weighted by Gasteiger charge is -2.31. The van der Waals surface area contributed by atoms with Crippen molar-refractivity contribution in [3.05, 3.63) is 35.9 Å². The largest absolute Gasteiger partial charge is 0.530 e. The van der Waals surface area contributed by atoms with Crippen molar-refractivity contribution >= 4 is 12.2 Å². The Morgan fingerprint density at radius 1 is 1.15 bits per heavy atom. The number of rotatable bonds is 9. The number of hydrogen-bond acceptors (Lipinski definition) is 5. The summed E-state index contributed by atoms with van der Waals surface area (Å²) in [6, 6.07) is 8.72. The van der Waals surface area contributed by atoms with Crippen molar-refractivity contribution in [3.8, 4) is 0 Å². The topological polar surface area (TPSA) is 111 Å². The van der Waals surface area contributed by atoms with Crippen LogP contribution in [0.3, 0.4) is 0 Å². The van der Waals surface area contributed by atoms with Gasteiger partial charge in [-0.3, -0.25) is 0 Å². The molecule has 0 saturated carbocycles. The number of amides is 2. The van der Waals surface area contributed by atoms with E-state index in [4.69, 9.17) is 4.74 Å². The normalized spacial score (nSPS) is 13.5. The molecule has 0 bridgehead atoms. The smallest absolute Gasteiger partial charge is 0.407 e. The van der Waals surface area contributed by atoms with E-state index in [1.165, 1.54) is 0 Å². The molecule has 0 aliphatic heterocycles. The number of aliphatic hydroxyl groups excluding tert-OH is 1. The molecular weight excluding hydrogens is 336 g/mol. The molecule has 146 valence electrons. The van der Waals surface area contributed by atoms with Crippen LogP contribution in [-0.2, 0) is 11.3 Å². The molecule has 1 aromatic rings. The van der Waals surface area contributed by atoms with E-state index in [0.29, 0.717) is 19.3 Å². The van der Waals surface area contributed by atoms with Gasteiger partial charge < -0.3 is 30.4 Å². The summed E-state index contributed by atoms with van der Waals surface area (Å²) in [7, 11) is 0. The molecule has 7 heteroatoms. The van der Waals surface area contributed by atoms with Gasteiger partial charge in [0.1, 0.15) is 12.7 Å². The molecule has 1 unspecified atom stereocenters. The van der Waals surface area contributed by atoms with Crippen LogP contribution in [0.1, 0.15) is 45.6 Å². The third-order valence-corrected chi connectivity index (χ3v) is 4.14. The van der Waals surface area contributed by atoms with Crippen LogP contribution in [-0.4, -0.2) is 36.0 Å². The van der Waals surface area contributed by atoms with E-state index >= 15 is 0 Å². The zero-order valence-corrected chi connectivity index (χ0v) is 15.7. The standard InChI is InChI=1S/C19H30N2O5/c1-19(2,3)16(11-7-10-15(12-22)20-17(23)24)21-18(25)26-13-14-8-5-4-6-9-14/h4-6,8-9,15-16,20,22H,7,10-13H2,1-3H3,(H,21,25)(H,23,24)/p-1/t15-,16?/m0/s1. The highest BCUT2D eigenvalue weighted by molar-refractivity contribution is 5.67. The second-order valence-electron chi connectivity index (χ2n) is 7.37. The molecule has 3 N–H and O–H groups in total. The summed E-state index contributed by atoms with van der Waals surface area (Å²) in [5.74, 6) is 0. The minimum absolute atomic E-state index is 0.145. The second kappa shape index (κ2) is 10.7. The number of alkyl carbamates (subject to hydrolysis) is 1. The van der Waals surface area contributed by atoms with E-state index in [9.17, 15) is 19.8 Å². The maximum atomic E-state index is 12.1. The van der Waals surface area contributed by atoms with Crippen molar-refractivity contribution in [2.24, 2.45) is 5.41 Å². The average molecular weight is 365 g/mol. The highest BCUT2D eigenvalue weighted by Crippen LogP contribution is 2.24. The molecule has 2 atom stereocenters. The van der Waals surface area contributed by atoms with E-state index < -0.39 is 18.2 Å². The van der Waals surface area contributed by atoms with Crippen LogP contribution < -0.4 is 15.7 Å². The first-order valence-electron chi connectivity index (χ1n) is 8.78. The van der Waals surface area contributed by atoms with Crippen LogP contribution in [0.5, 0.6) is 0 Å². The van der Waals surface area contributed by atoms with Crippen LogP contribution in [0.15, 0.2) is 30.3 Å². The third-order valence-electron chi connectivity index (χ3n) is 4.14. The molecule has 0 aliphatic rings. The van der Waals surface area contributed by atoms with Gasteiger partial charge in [-0.1, -0.05) is 51.1 Å². The van der Waals surface area contributed by atoms with Gasteiger partial charge in [0.15, 0.2) is 0 Å². The van der Waals surface area contributed by atoms with Gasteiger partial charge in [0, 0.05) is 6.04 Å². The second-order valence-corrected chi connectivity index (χ2v) is 7.37.